The molecule has 23 heavy (non-hydrogen) atoms. The average molecular weight is 314 g/mol. The summed E-state index contributed by atoms with van der Waals surface area (Å²) < 4.78 is 24.8. The van der Waals surface area contributed by atoms with Crippen molar-refractivity contribution >= 4 is 16.6 Å². The molecule has 0 aliphatic heterocycles. The predicted octanol–water partition coefficient (Wildman–Crippen LogP) is 3.92. The van der Waals surface area contributed by atoms with Crippen LogP contribution in [0.4, 0.5) is 10.1 Å². The van der Waals surface area contributed by atoms with Crippen LogP contribution in [0.15, 0.2) is 42.6 Å². The van der Waals surface area contributed by atoms with Gasteiger partial charge in [0.2, 0.25) is 0 Å². The van der Waals surface area contributed by atoms with Gasteiger partial charge in [0.15, 0.2) is 23.1 Å². The van der Waals surface area contributed by atoms with Crippen LogP contribution in [0.25, 0.3) is 10.9 Å². The van der Waals surface area contributed by atoms with Gasteiger partial charge in [-0.15, -0.1) is 0 Å². The Labute approximate surface area is 132 Å². The van der Waals surface area contributed by atoms with E-state index in [0.717, 1.165) is 0 Å². The molecule has 2 N–H and O–H groups in total. The smallest absolute Gasteiger partial charge is 0.167 e. The molecule has 0 fully saturated rings. The summed E-state index contributed by atoms with van der Waals surface area (Å²) in [5, 5.41) is 13.3. The molecule has 0 amide bonds. The number of phenols is 1. The molecule has 0 unspecified atom stereocenters. The maximum absolute atomic E-state index is 14.1. The van der Waals surface area contributed by atoms with E-state index in [-0.39, 0.29) is 11.5 Å². The van der Waals surface area contributed by atoms with Crippen LogP contribution < -0.4 is 14.8 Å². The third-order valence-electron chi connectivity index (χ3n) is 3.44. The van der Waals surface area contributed by atoms with E-state index in [1.807, 2.05) is 0 Å². The van der Waals surface area contributed by atoms with Crippen LogP contribution in [-0.4, -0.2) is 24.2 Å². The maximum atomic E-state index is 14.1. The fourth-order valence-corrected chi connectivity index (χ4v) is 2.25. The van der Waals surface area contributed by atoms with Crippen LogP contribution in [-0.2, 0) is 0 Å². The van der Waals surface area contributed by atoms with Crippen molar-refractivity contribution in [2.24, 2.45) is 0 Å². The molecular formula is C17H15FN2O3. The van der Waals surface area contributed by atoms with E-state index < -0.39 is 5.82 Å². The Morgan fingerprint density at radius 1 is 1.09 bits per heavy atom. The van der Waals surface area contributed by atoms with Crippen molar-refractivity contribution in [2.45, 2.75) is 0 Å². The minimum Gasteiger partial charge on any atom is -0.504 e. The van der Waals surface area contributed by atoms with Crippen molar-refractivity contribution < 1.29 is 19.0 Å². The zero-order valence-electron chi connectivity index (χ0n) is 12.6. The van der Waals surface area contributed by atoms with E-state index in [1.165, 1.54) is 25.3 Å². The molecule has 0 bridgehead atoms. The molecule has 0 aliphatic rings. The molecule has 118 valence electrons. The lowest BCUT2D eigenvalue weighted by Gasteiger charge is -2.11. The number of fused-ring (bicyclic) bond motifs is 1. The van der Waals surface area contributed by atoms with Gasteiger partial charge in [-0.3, -0.25) is 4.98 Å². The van der Waals surface area contributed by atoms with Crippen LogP contribution in [0.1, 0.15) is 0 Å². The van der Waals surface area contributed by atoms with Crippen molar-refractivity contribution in [2.75, 3.05) is 19.5 Å². The Balaban J connectivity index is 2.05. The maximum Gasteiger partial charge on any atom is 0.167 e. The van der Waals surface area contributed by atoms with Crippen LogP contribution in [0, 0.1) is 5.82 Å². The molecule has 0 saturated carbocycles. The highest BCUT2D eigenvalue weighted by Crippen LogP contribution is 2.36. The van der Waals surface area contributed by atoms with Crippen LogP contribution in [0.2, 0.25) is 0 Å². The number of pyridine rings is 1. The number of ether oxygens (including phenoxy) is 2. The van der Waals surface area contributed by atoms with Gasteiger partial charge in [0.1, 0.15) is 5.75 Å². The third kappa shape index (κ3) is 2.83. The highest BCUT2D eigenvalue weighted by atomic mass is 19.1. The number of nitrogens with one attached hydrogen (secondary N) is 1. The fourth-order valence-electron chi connectivity index (χ4n) is 2.25. The van der Waals surface area contributed by atoms with Crippen molar-refractivity contribution in [3.05, 3.63) is 48.4 Å². The standard InChI is InChI=1S/C17H15FN2O3/c1-19-10-3-4-16(12(18)7-10)23-15-5-6-20-13-9-17(22-2)14(21)8-11(13)15/h3-9,19,21H,1-2H3. The molecule has 2 aromatic carbocycles. The van der Waals surface area contributed by atoms with Gasteiger partial charge in [-0.1, -0.05) is 0 Å². The van der Waals surface area contributed by atoms with E-state index in [9.17, 15) is 9.50 Å². The second kappa shape index (κ2) is 6.00. The molecular weight excluding hydrogens is 299 g/mol. The number of phenolic OH excluding ortho intramolecular Hbond substituents is 1. The van der Waals surface area contributed by atoms with E-state index >= 15 is 0 Å². The van der Waals surface area contributed by atoms with Gasteiger partial charge >= 0.3 is 0 Å². The molecule has 5 nitrogen and oxygen atoms in total. The van der Waals surface area contributed by atoms with E-state index in [1.54, 1.807) is 31.4 Å². The first-order valence-electron chi connectivity index (χ1n) is 6.93. The summed E-state index contributed by atoms with van der Waals surface area (Å²) in [4.78, 5) is 4.21. The first-order valence-corrected chi connectivity index (χ1v) is 6.93. The number of aromatic hydroxyl groups is 1. The van der Waals surface area contributed by atoms with Gasteiger partial charge in [0.05, 0.1) is 12.6 Å². The summed E-state index contributed by atoms with van der Waals surface area (Å²) in [6, 6.07) is 9.28. The number of methoxy groups -OCH3 is 1. The molecule has 0 atom stereocenters. The Morgan fingerprint density at radius 2 is 1.91 bits per heavy atom. The van der Waals surface area contributed by atoms with E-state index in [4.69, 9.17) is 9.47 Å². The second-order valence-corrected chi connectivity index (χ2v) is 4.85. The van der Waals surface area contributed by atoms with Gasteiger partial charge < -0.3 is 19.9 Å². The third-order valence-corrected chi connectivity index (χ3v) is 3.44. The van der Waals surface area contributed by atoms with Crippen molar-refractivity contribution in [1.29, 1.82) is 0 Å². The van der Waals surface area contributed by atoms with Crippen LogP contribution in [0.5, 0.6) is 23.0 Å². The molecule has 3 aromatic rings. The Hall–Kier alpha value is -3.02. The topological polar surface area (TPSA) is 63.6 Å². The largest absolute Gasteiger partial charge is 0.504 e. The molecule has 1 aromatic heterocycles. The summed E-state index contributed by atoms with van der Waals surface area (Å²) >= 11 is 0. The summed E-state index contributed by atoms with van der Waals surface area (Å²) in [5.74, 6) is 0.269. The summed E-state index contributed by atoms with van der Waals surface area (Å²) in [6.45, 7) is 0. The first kappa shape index (κ1) is 14.9. The molecule has 0 spiro atoms. The number of rotatable bonds is 4. The molecule has 1 heterocycles. The van der Waals surface area contributed by atoms with Gasteiger partial charge in [-0.2, -0.15) is 0 Å². The van der Waals surface area contributed by atoms with Gasteiger partial charge in [-0.05, 0) is 24.3 Å². The fraction of sp³-hybridized carbons (Fsp3) is 0.118. The van der Waals surface area contributed by atoms with Gasteiger partial charge in [0.25, 0.3) is 0 Å². The average Bonchev–Trinajstić information content (AvgIpc) is 2.56. The number of aromatic nitrogens is 1. The number of nitrogens with zero attached hydrogens (tertiary/aromatic N) is 1. The number of halogens is 1. The molecule has 0 aliphatic carbocycles. The Kier molecular flexibility index (Phi) is 3.89. The molecule has 0 saturated heterocycles. The Morgan fingerprint density at radius 3 is 2.61 bits per heavy atom. The lowest BCUT2D eigenvalue weighted by Crippen LogP contribution is -1.94. The lowest BCUT2D eigenvalue weighted by molar-refractivity contribution is 0.374. The van der Waals surface area contributed by atoms with Gasteiger partial charge in [0, 0.05) is 36.5 Å². The number of benzene rings is 2. The zero-order chi connectivity index (χ0) is 16.4. The number of hydrogen-bond donors (Lipinski definition) is 2. The van der Waals surface area contributed by atoms with E-state index in [0.29, 0.717) is 28.1 Å². The van der Waals surface area contributed by atoms with Crippen molar-refractivity contribution in [3.8, 4) is 23.0 Å². The van der Waals surface area contributed by atoms with Crippen molar-refractivity contribution in [1.82, 2.24) is 4.98 Å². The summed E-state index contributed by atoms with van der Waals surface area (Å²) in [6.07, 6.45) is 1.55. The Bertz CT molecular complexity index is 868. The number of anilines is 1. The predicted molar refractivity (Wildman–Crippen MR) is 86.0 cm³/mol. The first-order chi connectivity index (χ1) is 11.1. The minimum atomic E-state index is -0.487. The monoisotopic (exact) mass is 314 g/mol. The van der Waals surface area contributed by atoms with Crippen LogP contribution in [0.3, 0.4) is 0 Å². The summed E-state index contributed by atoms with van der Waals surface area (Å²) in [7, 11) is 3.17. The van der Waals surface area contributed by atoms with Gasteiger partial charge in [-0.25, -0.2) is 4.39 Å². The SMILES string of the molecule is CNc1ccc(Oc2ccnc3cc(OC)c(O)cc23)c(F)c1. The lowest BCUT2D eigenvalue weighted by atomic mass is 10.2. The molecule has 0 radical (unpaired) electrons. The van der Waals surface area contributed by atoms with Crippen LogP contribution >= 0.6 is 0 Å². The molecule has 6 heteroatoms. The quantitative estimate of drug-likeness (QED) is 0.764. The van der Waals surface area contributed by atoms with E-state index in [2.05, 4.69) is 10.3 Å². The highest BCUT2D eigenvalue weighted by molar-refractivity contribution is 5.88. The second-order valence-electron chi connectivity index (χ2n) is 4.85. The highest BCUT2D eigenvalue weighted by Gasteiger charge is 2.12. The minimum absolute atomic E-state index is 0.0381. The summed E-state index contributed by atoms with van der Waals surface area (Å²) in [5.41, 5.74) is 1.22. The normalized spacial score (nSPS) is 10.6. The molecule has 3 rings (SSSR count). The zero-order valence-corrected chi connectivity index (χ0v) is 12.6. The number of hydrogen-bond acceptors (Lipinski definition) is 5. The van der Waals surface area contributed by atoms with Crippen molar-refractivity contribution in [3.63, 3.8) is 0 Å².